The van der Waals surface area contributed by atoms with Crippen LogP contribution in [0.15, 0.2) is 36.4 Å². The van der Waals surface area contributed by atoms with Crippen LogP contribution >= 0.6 is 0 Å². The quantitative estimate of drug-likeness (QED) is 0.909. The summed E-state index contributed by atoms with van der Waals surface area (Å²) in [6, 6.07) is 10.7. The predicted octanol–water partition coefficient (Wildman–Crippen LogP) is 3.30. The van der Waals surface area contributed by atoms with Crippen LogP contribution in [0, 0.1) is 13.8 Å². The molecule has 0 saturated heterocycles. The van der Waals surface area contributed by atoms with Crippen molar-refractivity contribution in [1.82, 2.24) is 4.98 Å². The minimum Gasteiger partial charge on any atom is -0.326 e. The van der Waals surface area contributed by atoms with Crippen molar-refractivity contribution in [2.24, 2.45) is 0 Å². The number of hydrogen-bond acceptors (Lipinski definition) is 3. The van der Waals surface area contributed by atoms with E-state index in [4.69, 9.17) is 0 Å². The third-order valence-corrected chi connectivity index (χ3v) is 3.30. The first kappa shape index (κ1) is 15.7. The lowest BCUT2D eigenvalue weighted by atomic mass is 10.1. The molecule has 0 radical (unpaired) electrons. The summed E-state index contributed by atoms with van der Waals surface area (Å²) in [4.78, 5) is 28.0. The number of rotatable bonds is 4. The van der Waals surface area contributed by atoms with Crippen LogP contribution in [0.5, 0.6) is 0 Å². The largest absolute Gasteiger partial charge is 0.326 e. The summed E-state index contributed by atoms with van der Waals surface area (Å²) < 4.78 is 0. The Morgan fingerprint density at radius 3 is 2.27 bits per heavy atom. The normalized spacial score (nSPS) is 10.1. The zero-order valence-electron chi connectivity index (χ0n) is 12.9. The van der Waals surface area contributed by atoms with Crippen molar-refractivity contribution < 1.29 is 9.59 Å². The van der Waals surface area contributed by atoms with Crippen LogP contribution < -0.4 is 10.6 Å². The van der Waals surface area contributed by atoms with E-state index >= 15 is 0 Å². The maximum Gasteiger partial charge on any atom is 0.274 e. The van der Waals surface area contributed by atoms with E-state index in [9.17, 15) is 9.59 Å². The monoisotopic (exact) mass is 297 g/mol. The van der Waals surface area contributed by atoms with Gasteiger partial charge in [0, 0.05) is 23.5 Å². The van der Waals surface area contributed by atoms with E-state index in [1.165, 1.54) is 0 Å². The van der Waals surface area contributed by atoms with Crippen molar-refractivity contribution in [3.63, 3.8) is 0 Å². The Balaban J connectivity index is 2.21. The van der Waals surface area contributed by atoms with E-state index in [0.717, 1.165) is 11.3 Å². The van der Waals surface area contributed by atoms with Crippen molar-refractivity contribution in [2.75, 3.05) is 10.6 Å². The molecule has 0 bridgehead atoms. The van der Waals surface area contributed by atoms with E-state index in [1.54, 1.807) is 31.2 Å². The molecule has 2 N–H and O–H groups in total. The number of amides is 2. The van der Waals surface area contributed by atoms with Crippen molar-refractivity contribution in [2.45, 2.75) is 27.2 Å². The predicted molar refractivity (Wildman–Crippen MR) is 87.0 cm³/mol. The summed E-state index contributed by atoms with van der Waals surface area (Å²) >= 11 is 0. The van der Waals surface area contributed by atoms with Gasteiger partial charge in [0.1, 0.15) is 5.69 Å². The van der Waals surface area contributed by atoms with Gasteiger partial charge < -0.3 is 10.6 Å². The highest BCUT2D eigenvalue weighted by molar-refractivity contribution is 6.04. The molecule has 0 fully saturated rings. The van der Waals surface area contributed by atoms with Crippen LogP contribution in [-0.2, 0) is 4.79 Å². The van der Waals surface area contributed by atoms with E-state index < -0.39 is 0 Å². The Labute approximate surface area is 129 Å². The van der Waals surface area contributed by atoms with Crippen LogP contribution in [0.2, 0.25) is 0 Å². The highest BCUT2D eigenvalue weighted by Gasteiger charge is 2.11. The number of hydrogen-bond donors (Lipinski definition) is 2. The van der Waals surface area contributed by atoms with Gasteiger partial charge in [-0.1, -0.05) is 19.1 Å². The molecule has 114 valence electrons. The number of nitrogens with zero attached hydrogens (tertiary/aromatic N) is 1. The Morgan fingerprint density at radius 2 is 1.64 bits per heavy atom. The summed E-state index contributed by atoms with van der Waals surface area (Å²) in [7, 11) is 0. The van der Waals surface area contributed by atoms with Crippen LogP contribution in [0.25, 0.3) is 0 Å². The summed E-state index contributed by atoms with van der Waals surface area (Å²) in [5.74, 6) is -0.335. The topological polar surface area (TPSA) is 71.1 Å². The van der Waals surface area contributed by atoms with E-state index in [-0.39, 0.29) is 11.8 Å². The van der Waals surface area contributed by atoms with Crippen LogP contribution in [0.3, 0.4) is 0 Å². The minimum absolute atomic E-state index is 0.0630. The molecule has 5 heteroatoms. The molecule has 0 unspecified atom stereocenters. The second-order valence-corrected chi connectivity index (χ2v) is 5.00. The van der Waals surface area contributed by atoms with E-state index in [2.05, 4.69) is 15.6 Å². The third kappa shape index (κ3) is 3.69. The van der Waals surface area contributed by atoms with Gasteiger partial charge in [0.15, 0.2) is 0 Å². The second-order valence-electron chi connectivity index (χ2n) is 5.00. The minimum atomic E-state index is -0.272. The summed E-state index contributed by atoms with van der Waals surface area (Å²) in [5, 5.41) is 5.65. The summed E-state index contributed by atoms with van der Waals surface area (Å²) in [5.41, 5.74) is 3.31. The first-order valence-corrected chi connectivity index (χ1v) is 7.15. The van der Waals surface area contributed by atoms with Gasteiger partial charge in [-0.15, -0.1) is 0 Å². The van der Waals surface area contributed by atoms with Crippen molar-refractivity contribution >= 4 is 23.2 Å². The molecule has 2 aromatic rings. The van der Waals surface area contributed by atoms with Gasteiger partial charge in [-0.05, 0) is 43.7 Å². The maximum atomic E-state index is 12.2. The van der Waals surface area contributed by atoms with Crippen LogP contribution in [-0.4, -0.2) is 16.8 Å². The molecule has 1 aromatic carbocycles. The first-order chi connectivity index (χ1) is 10.5. The molecule has 1 heterocycles. The number of aryl methyl sites for hydroxylation is 1. The van der Waals surface area contributed by atoms with Gasteiger partial charge >= 0.3 is 0 Å². The third-order valence-electron chi connectivity index (χ3n) is 3.30. The molecule has 0 aliphatic heterocycles. The van der Waals surface area contributed by atoms with Gasteiger partial charge in [-0.25, -0.2) is 4.98 Å². The Morgan fingerprint density at radius 1 is 1.00 bits per heavy atom. The standard InChI is InChI=1S/C17H19N3O2/c1-4-16(21)19-13-8-6-9-14(12(13)3)20-17(22)15-10-5-7-11(2)18-15/h5-10H,4H2,1-3H3,(H,19,21)(H,20,22). The fourth-order valence-electron chi connectivity index (χ4n) is 2.00. The van der Waals surface area contributed by atoms with E-state index in [0.29, 0.717) is 23.5 Å². The molecule has 5 nitrogen and oxygen atoms in total. The van der Waals surface area contributed by atoms with Crippen LogP contribution in [0.4, 0.5) is 11.4 Å². The number of carbonyl (C=O) groups excluding carboxylic acids is 2. The van der Waals surface area contributed by atoms with Gasteiger partial charge in [-0.2, -0.15) is 0 Å². The van der Waals surface area contributed by atoms with Gasteiger partial charge in [0.2, 0.25) is 5.91 Å². The molecule has 22 heavy (non-hydrogen) atoms. The first-order valence-electron chi connectivity index (χ1n) is 7.15. The molecule has 0 aliphatic rings. The summed E-state index contributed by atoms with van der Waals surface area (Å²) in [6.07, 6.45) is 0.406. The number of pyridine rings is 1. The van der Waals surface area contributed by atoms with Gasteiger partial charge in [-0.3, -0.25) is 9.59 Å². The molecule has 2 amide bonds. The Bertz CT molecular complexity index is 711. The molecular weight excluding hydrogens is 278 g/mol. The number of aromatic nitrogens is 1. The van der Waals surface area contributed by atoms with Crippen molar-refractivity contribution in [3.05, 3.63) is 53.3 Å². The average molecular weight is 297 g/mol. The molecule has 1 aromatic heterocycles. The summed E-state index contributed by atoms with van der Waals surface area (Å²) in [6.45, 7) is 5.48. The lowest BCUT2D eigenvalue weighted by Gasteiger charge is -2.13. The lowest BCUT2D eigenvalue weighted by molar-refractivity contribution is -0.115. The highest BCUT2D eigenvalue weighted by Crippen LogP contribution is 2.24. The molecule has 0 aliphatic carbocycles. The van der Waals surface area contributed by atoms with Crippen molar-refractivity contribution in [3.8, 4) is 0 Å². The fraction of sp³-hybridized carbons (Fsp3) is 0.235. The number of benzene rings is 1. The Hall–Kier alpha value is -2.69. The number of nitrogens with one attached hydrogen (secondary N) is 2. The molecule has 0 atom stereocenters. The zero-order valence-corrected chi connectivity index (χ0v) is 12.9. The number of carbonyl (C=O) groups is 2. The Kier molecular flexibility index (Phi) is 4.88. The molecule has 0 saturated carbocycles. The molecule has 0 spiro atoms. The smallest absolute Gasteiger partial charge is 0.274 e. The van der Waals surface area contributed by atoms with E-state index in [1.807, 2.05) is 26.0 Å². The zero-order chi connectivity index (χ0) is 16.1. The fourth-order valence-corrected chi connectivity index (χ4v) is 2.00. The number of anilines is 2. The van der Waals surface area contributed by atoms with Crippen LogP contribution in [0.1, 0.15) is 35.1 Å². The second kappa shape index (κ2) is 6.85. The van der Waals surface area contributed by atoms with Gasteiger partial charge in [0.25, 0.3) is 5.91 Å². The molecular formula is C17H19N3O2. The van der Waals surface area contributed by atoms with Gasteiger partial charge in [0.05, 0.1) is 0 Å². The molecule has 2 rings (SSSR count). The van der Waals surface area contributed by atoms with Crippen molar-refractivity contribution in [1.29, 1.82) is 0 Å². The SMILES string of the molecule is CCC(=O)Nc1cccc(NC(=O)c2cccc(C)n2)c1C. The maximum absolute atomic E-state index is 12.2. The lowest BCUT2D eigenvalue weighted by Crippen LogP contribution is -2.16. The highest BCUT2D eigenvalue weighted by atomic mass is 16.2. The average Bonchev–Trinajstić information content (AvgIpc) is 2.51.